The van der Waals surface area contributed by atoms with Crippen LogP contribution in [-0.2, 0) is 11.3 Å². The molecule has 1 amide bonds. The van der Waals surface area contributed by atoms with E-state index in [2.05, 4.69) is 4.98 Å². The van der Waals surface area contributed by atoms with Crippen LogP contribution in [0.5, 0.6) is 5.75 Å². The molecule has 0 aliphatic heterocycles. The summed E-state index contributed by atoms with van der Waals surface area (Å²) < 4.78 is 6.89. The third kappa shape index (κ3) is 5.73. The highest BCUT2D eigenvalue weighted by Crippen LogP contribution is 2.19. The molecule has 0 unspecified atom stereocenters. The monoisotopic (exact) mass is 402 g/mol. The number of benzene rings is 1. The fourth-order valence-corrected chi connectivity index (χ4v) is 2.92. The number of hydrogen-bond acceptors (Lipinski definition) is 5. The summed E-state index contributed by atoms with van der Waals surface area (Å²) in [5.41, 5.74) is 6.00. The van der Waals surface area contributed by atoms with Crippen molar-refractivity contribution < 1.29 is 9.53 Å². The first-order valence-corrected chi connectivity index (χ1v) is 9.87. The standard InChI is InChI=1S/C21H30N4O4/c1-5-6-11-24(17(26)13-29-16-9-7-15(4)8-10-16)18-19(22)25(12-14(2)3)21(28)23-20(18)27/h7-10,14H,5-6,11-13,22H2,1-4H3,(H,23,27,28). The Labute approximate surface area is 170 Å². The van der Waals surface area contributed by atoms with Gasteiger partial charge in [0.05, 0.1) is 0 Å². The number of rotatable bonds is 9. The van der Waals surface area contributed by atoms with Crippen LogP contribution in [0.1, 0.15) is 39.2 Å². The Morgan fingerprint density at radius 2 is 1.90 bits per heavy atom. The first kappa shape index (κ1) is 22.3. The van der Waals surface area contributed by atoms with E-state index in [9.17, 15) is 14.4 Å². The topological polar surface area (TPSA) is 110 Å². The lowest BCUT2D eigenvalue weighted by atomic mass is 10.2. The van der Waals surface area contributed by atoms with Crippen molar-refractivity contribution in [2.24, 2.45) is 5.92 Å². The summed E-state index contributed by atoms with van der Waals surface area (Å²) in [6.07, 6.45) is 1.50. The van der Waals surface area contributed by atoms with Crippen LogP contribution in [0.25, 0.3) is 0 Å². The lowest BCUT2D eigenvalue weighted by molar-refractivity contribution is -0.120. The number of aromatic nitrogens is 2. The van der Waals surface area contributed by atoms with Crippen molar-refractivity contribution in [1.82, 2.24) is 9.55 Å². The third-order valence-electron chi connectivity index (χ3n) is 4.45. The number of hydrogen-bond donors (Lipinski definition) is 2. The van der Waals surface area contributed by atoms with Gasteiger partial charge in [0.2, 0.25) is 0 Å². The zero-order valence-electron chi connectivity index (χ0n) is 17.5. The summed E-state index contributed by atoms with van der Waals surface area (Å²) in [4.78, 5) is 41.3. The average molecular weight is 402 g/mol. The van der Waals surface area contributed by atoms with Crippen molar-refractivity contribution in [1.29, 1.82) is 0 Å². The van der Waals surface area contributed by atoms with Gasteiger partial charge >= 0.3 is 5.69 Å². The second kappa shape index (κ2) is 9.95. The van der Waals surface area contributed by atoms with Crippen molar-refractivity contribution in [2.45, 2.75) is 47.1 Å². The maximum atomic E-state index is 12.9. The molecule has 2 rings (SSSR count). The number of aromatic amines is 1. The molecule has 1 aromatic heterocycles. The van der Waals surface area contributed by atoms with E-state index in [0.29, 0.717) is 25.3 Å². The number of carbonyl (C=O) groups is 1. The third-order valence-corrected chi connectivity index (χ3v) is 4.45. The fraction of sp³-hybridized carbons (Fsp3) is 0.476. The van der Waals surface area contributed by atoms with Crippen molar-refractivity contribution in [3.05, 3.63) is 50.7 Å². The van der Waals surface area contributed by atoms with Gasteiger partial charge in [-0.2, -0.15) is 0 Å². The molecule has 0 saturated heterocycles. The molecule has 29 heavy (non-hydrogen) atoms. The van der Waals surface area contributed by atoms with Gasteiger partial charge in [0, 0.05) is 13.1 Å². The quantitative estimate of drug-likeness (QED) is 0.669. The zero-order chi connectivity index (χ0) is 21.6. The van der Waals surface area contributed by atoms with Gasteiger partial charge in [0.15, 0.2) is 12.3 Å². The molecule has 8 nitrogen and oxygen atoms in total. The van der Waals surface area contributed by atoms with Crippen LogP contribution in [0, 0.1) is 12.8 Å². The Bertz CT molecular complexity index is 945. The van der Waals surface area contributed by atoms with E-state index in [1.165, 1.54) is 9.47 Å². The summed E-state index contributed by atoms with van der Waals surface area (Å²) in [5, 5.41) is 0. The second-order valence-corrected chi connectivity index (χ2v) is 7.50. The van der Waals surface area contributed by atoms with Gasteiger partial charge in [-0.3, -0.25) is 19.1 Å². The van der Waals surface area contributed by atoms with Crippen LogP contribution in [-0.4, -0.2) is 28.6 Å². The predicted molar refractivity (Wildman–Crippen MR) is 115 cm³/mol. The maximum absolute atomic E-state index is 12.9. The minimum Gasteiger partial charge on any atom is -0.484 e. The number of nitrogen functional groups attached to an aromatic ring is 1. The summed E-state index contributed by atoms with van der Waals surface area (Å²) >= 11 is 0. The molecule has 0 atom stereocenters. The van der Waals surface area contributed by atoms with E-state index < -0.39 is 17.2 Å². The molecule has 0 bridgehead atoms. The Morgan fingerprint density at radius 3 is 2.48 bits per heavy atom. The molecule has 0 aliphatic rings. The van der Waals surface area contributed by atoms with Crippen LogP contribution in [0.3, 0.4) is 0 Å². The molecule has 3 N–H and O–H groups in total. The van der Waals surface area contributed by atoms with Gasteiger partial charge in [-0.05, 0) is 31.4 Å². The molecule has 0 radical (unpaired) electrons. The lowest BCUT2D eigenvalue weighted by Crippen LogP contribution is -2.43. The predicted octanol–water partition coefficient (Wildman–Crippen LogP) is 2.30. The highest BCUT2D eigenvalue weighted by Gasteiger charge is 2.24. The Morgan fingerprint density at radius 1 is 1.24 bits per heavy atom. The fourth-order valence-electron chi connectivity index (χ4n) is 2.92. The normalized spacial score (nSPS) is 10.9. The molecule has 0 spiro atoms. The summed E-state index contributed by atoms with van der Waals surface area (Å²) in [7, 11) is 0. The van der Waals surface area contributed by atoms with Crippen LogP contribution in [0.2, 0.25) is 0 Å². The molecule has 0 aliphatic carbocycles. The van der Waals surface area contributed by atoms with Crippen LogP contribution >= 0.6 is 0 Å². The molecule has 1 heterocycles. The summed E-state index contributed by atoms with van der Waals surface area (Å²) in [6, 6.07) is 7.34. The van der Waals surface area contributed by atoms with E-state index in [1.54, 1.807) is 12.1 Å². The van der Waals surface area contributed by atoms with Crippen molar-refractivity contribution in [3.63, 3.8) is 0 Å². The molecule has 158 valence electrons. The Balaban J connectivity index is 2.35. The minimum atomic E-state index is -0.674. The number of nitrogens with two attached hydrogens (primary N) is 1. The SMILES string of the molecule is CCCCN(C(=O)COc1ccc(C)cc1)c1c(N)n(CC(C)C)c(=O)[nH]c1=O. The first-order chi connectivity index (χ1) is 13.7. The number of amides is 1. The van der Waals surface area contributed by atoms with Crippen molar-refractivity contribution >= 4 is 17.4 Å². The van der Waals surface area contributed by atoms with Gasteiger partial charge in [0.25, 0.3) is 11.5 Å². The first-order valence-electron chi connectivity index (χ1n) is 9.87. The summed E-state index contributed by atoms with van der Waals surface area (Å²) in [6.45, 7) is 8.22. The van der Waals surface area contributed by atoms with Crippen molar-refractivity contribution in [3.8, 4) is 5.75 Å². The van der Waals surface area contributed by atoms with E-state index >= 15 is 0 Å². The number of nitrogens with zero attached hydrogens (tertiary/aromatic N) is 2. The minimum absolute atomic E-state index is 0.00351. The van der Waals surface area contributed by atoms with Gasteiger partial charge in [-0.15, -0.1) is 0 Å². The lowest BCUT2D eigenvalue weighted by Gasteiger charge is -2.25. The van der Waals surface area contributed by atoms with E-state index in [-0.39, 0.29) is 24.0 Å². The number of H-pyrrole nitrogens is 1. The van der Waals surface area contributed by atoms with Gasteiger partial charge in [0.1, 0.15) is 11.6 Å². The summed E-state index contributed by atoms with van der Waals surface area (Å²) in [5.74, 6) is 0.294. The number of nitrogens with one attached hydrogen (secondary N) is 1. The Hall–Kier alpha value is -3.03. The highest BCUT2D eigenvalue weighted by molar-refractivity contribution is 5.96. The number of unbranched alkanes of at least 4 members (excludes halogenated alkanes) is 1. The van der Waals surface area contributed by atoms with E-state index in [4.69, 9.17) is 10.5 Å². The number of ether oxygens (including phenoxy) is 1. The Kier molecular flexibility index (Phi) is 7.64. The average Bonchev–Trinajstić information content (AvgIpc) is 2.66. The highest BCUT2D eigenvalue weighted by atomic mass is 16.5. The molecule has 0 fully saturated rings. The maximum Gasteiger partial charge on any atom is 0.330 e. The van der Waals surface area contributed by atoms with Gasteiger partial charge in [-0.1, -0.05) is 44.9 Å². The zero-order valence-corrected chi connectivity index (χ0v) is 17.5. The van der Waals surface area contributed by atoms with E-state index in [1.807, 2.05) is 39.8 Å². The molecule has 1 aromatic carbocycles. The largest absolute Gasteiger partial charge is 0.484 e. The smallest absolute Gasteiger partial charge is 0.330 e. The second-order valence-electron chi connectivity index (χ2n) is 7.50. The molecule has 2 aromatic rings. The van der Waals surface area contributed by atoms with Crippen LogP contribution < -0.4 is 26.6 Å². The van der Waals surface area contributed by atoms with Crippen LogP contribution in [0.15, 0.2) is 33.9 Å². The number of anilines is 2. The molecule has 0 saturated carbocycles. The number of carbonyl (C=O) groups excluding carboxylic acids is 1. The molecular formula is C21H30N4O4. The van der Waals surface area contributed by atoms with Crippen molar-refractivity contribution in [2.75, 3.05) is 23.8 Å². The molecular weight excluding hydrogens is 372 g/mol. The number of aryl methyl sites for hydroxylation is 1. The van der Waals surface area contributed by atoms with Gasteiger partial charge < -0.3 is 15.4 Å². The molecule has 8 heteroatoms. The van der Waals surface area contributed by atoms with E-state index in [0.717, 1.165) is 12.0 Å². The van der Waals surface area contributed by atoms with Crippen LogP contribution in [0.4, 0.5) is 11.5 Å². The van der Waals surface area contributed by atoms with Gasteiger partial charge in [-0.25, -0.2) is 4.79 Å².